The number of rotatable bonds is 2. The van der Waals surface area contributed by atoms with E-state index in [4.69, 9.17) is 19.6 Å². The molecule has 4 unspecified atom stereocenters. The molecule has 7 nitrogen and oxygen atoms in total. The predicted molar refractivity (Wildman–Crippen MR) is 92.0 cm³/mol. The lowest BCUT2D eigenvalue weighted by Gasteiger charge is -2.51. The second-order valence-corrected chi connectivity index (χ2v) is 7.27. The molecule has 1 aliphatic carbocycles. The van der Waals surface area contributed by atoms with Crippen molar-refractivity contribution in [1.29, 1.82) is 21.2 Å². The second-order valence-electron chi connectivity index (χ2n) is 7.27. The molecule has 0 spiro atoms. The highest BCUT2D eigenvalue weighted by Gasteiger charge is 2.80. The van der Waals surface area contributed by atoms with E-state index in [1.54, 1.807) is 24.3 Å². The topological polar surface area (TPSA) is 123 Å². The third kappa shape index (κ3) is 1.89. The molecule has 1 N–H and O–H groups in total. The highest BCUT2D eigenvalue weighted by atomic mass is 16.7. The number of nitrogens with one attached hydrogen (secondary N) is 1. The molecule has 2 bridgehead atoms. The third-order valence-electron chi connectivity index (χ3n) is 6.21. The van der Waals surface area contributed by atoms with Crippen LogP contribution in [0.2, 0.25) is 0 Å². The van der Waals surface area contributed by atoms with Crippen LogP contribution in [0.1, 0.15) is 37.4 Å². The molecule has 3 fully saturated rings. The molecular weight excluding hydrogens is 344 g/mol. The normalized spacial score (nSPS) is 35.7. The molecule has 2 aliphatic heterocycles. The van der Waals surface area contributed by atoms with E-state index in [0.717, 1.165) is 12.8 Å². The third-order valence-corrected chi connectivity index (χ3v) is 6.21. The SMILES string of the molecule is COc1cccc(C2OC34CCCCC3C(C#N)(C(=N)O4)C2(C#N)C#N)c1. The van der Waals surface area contributed by atoms with Crippen molar-refractivity contribution in [3.8, 4) is 24.0 Å². The van der Waals surface area contributed by atoms with Crippen LogP contribution in [-0.2, 0) is 9.47 Å². The molecule has 0 radical (unpaired) electrons. The van der Waals surface area contributed by atoms with Crippen LogP contribution in [-0.4, -0.2) is 18.8 Å². The van der Waals surface area contributed by atoms with Gasteiger partial charge in [-0.2, -0.15) is 15.8 Å². The number of nitrogens with zero attached hydrogens (tertiary/aromatic N) is 3. The van der Waals surface area contributed by atoms with E-state index in [2.05, 4.69) is 18.2 Å². The lowest BCUT2D eigenvalue weighted by atomic mass is 9.51. The largest absolute Gasteiger partial charge is 0.497 e. The number of hydrogen-bond acceptors (Lipinski definition) is 7. The molecule has 1 saturated carbocycles. The lowest BCUT2D eigenvalue weighted by molar-refractivity contribution is -0.294. The van der Waals surface area contributed by atoms with E-state index >= 15 is 0 Å². The number of nitriles is 3. The predicted octanol–water partition coefficient (Wildman–Crippen LogP) is 3.20. The van der Waals surface area contributed by atoms with Gasteiger partial charge in [0.05, 0.1) is 31.2 Å². The average molecular weight is 362 g/mol. The summed E-state index contributed by atoms with van der Waals surface area (Å²) in [6.07, 6.45) is 1.75. The van der Waals surface area contributed by atoms with E-state index in [1.807, 2.05) is 0 Å². The zero-order valence-corrected chi connectivity index (χ0v) is 14.9. The minimum absolute atomic E-state index is 0.328. The average Bonchev–Trinajstić information content (AvgIpc) is 2.92. The Morgan fingerprint density at radius 3 is 2.63 bits per heavy atom. The standard InChI is InChI=1S/C20H18N4O3/c1-25-14-6-4-5-13(9-14)16-18(10-21,11-22)19(12-23)15-7-2-3-8-20(15,26-16)27-17(19)24/h4-6,9,15-16,24H,2-3,7-8H2,1H3. The Morgan fingerprint density at radius 2 is 1.96 bits per heavy atom. The molecule has 1 aromatic carbocycles. The minimum Gasteiger partial charge on any atom is -0.497 e. The van der Waals surface area contributed by atoms with Crippen molar-refractivity contribution in [3.63, 3.8) is 0 Å². The molecule has 4 atom stereocenters. The number of benzene rings is 1. The summed E-state index contributed by atoms with van der Waals surface area (Å²) in [5, 5.41) is 38.9. The zero-order valence-electron chi connectivity index (χ0n) is 14.9. The van der Waals surface area contributed by atoms with Crippen molar-refractivity contribution in [2.24, 2.45) is 16.7 Å². The molecule has 3 aliphatic rings. The first-order chi connectivity index (χ1) is 13.0. The summed E-state index contributed by atoms with van der Waals surface area (Å²) in [6, 6.07) is 13.2. The van der Waals surface area contributed by atoms with Gasteiger partial charge in [-0.25, -0.2) is 0 Å². The van der Waals surface area contributed by atoms with Crippen LogP contribution in [0.15, 0.2) is 24.3 Å². The quantitative estimate of drug-likeness (QED) is 0.861. The molecule has 0 amide bonds. The van der Waals surface area contributed by atoms with Crippen molar-refractivity contribution in [2.75, 3.05) is 7.11 Å². The fourth-order valence-corrected chi connectivity index (χ4v) is 4.97. The Labute approximate surface area is 157 Å². The van der Waals surface area contributed by atoms with Gasteiger partial charge < -0.3 is 14.2 Å². The minimum atomic E-state index is -1.90. The maximum absolute atomic E-state index is 10.2. The molecule has 0 aromatic heterocycles. The van der Waals surface area contributed by atoms with Crippen molar-refractivity contribution < 1.29 is 14.2 Å². The summed E-state index contributed by atoms with van der Waals surface area (Å²) < 4.78 is 17.4. The summed E-state index contributed by atoms with van der Waals surface area (Å²) in [5.74, 6) is -1.43. The molecule has 2 saturated heterocycles. The number of methoxy groups -OCH3 is 1. The highest BCUT2D eigenvalue weighted by molar-refractivity contribution is 5.89. The smallest absolute Gasteiger partial charge is 0.217 e. The van der Waals surface area contributed by atoms with E-state index in [9.17, 15) is 15.8 Å². The number of ether oxygens (including phenoxy) is 3. The van der Waals surface area contributed by atoms with E-state index < -0.39 is 28.6 Å². The van der Waals surface area contributed by atoms with Crippen LogP contribution in [0.25, 0.3) is 0 Å². The second kappa shape index (κ2) is 5.71. The van der Waals surface area contributed by atoms with Gasteiger partial charge >= 0.3 is 0 Å². The maximum Gasteiger partial charge on any atom is 0.217 e. The molecule has 136 valence electrons. The molecule has 27 heavy (non-hydrogen) atoms. The van der Waals surface area contributed by atoms with Crippen molar-refractivity contribution in [3.05, 3.63) is 29.8 Å². The van der Waals surface area contributed by atoms with E-state index in [0.29, 0.717) is 24.2 Å². The molecule has 1 aromatic rings. The van der Waals surface area contributed by atoms with E-state index in [-0.39, 0.29) is 5.90 Å². The Hall–Kier alpha value is -3.08. The van der Waals surface area contributed by atoms with Gasteiger partial charge in [0.15, 0.2) is 5.41 Å². The van der Waals surface area contributed by atoms with Crippen LogP contribution in [0, 0.1) is 56.2 Å². The summed E-state index contributed by atoms with van der Waals surface area (Å²) in [6.45, 7) is 0. The molecular formula is C20H18N4O3. The van der Waals surface area contributed by atoms with Gasteiger partial charge in [0.25, 0.3) is 0 Å². The Kier molecular flexibility index (Phi) is 3.67. The van der Waals surface area contributed by atoms with Gasteiger partial charge in [0, 0.05) is 6.42 Å². The van der Waals surface area contributed by atoms with Gasteiger partial charge in [-0.1, -0.05) is 18.6 Å². The van der Waals surface area contributed by atoms with Gasteiger partial charge in [0.2, 0.25) is 17.1 Å². The fraction of sp³-hybridized carbons (Fsp3) is 0.500. The number of hydrogen-bond donors (Lipinski definition) is 1. The van der Waals surface area contributed by atoms with Crippen LogP contribution in [0.3, 0.4) is 0 Å². The van der Waals surface area contributed by atoms with Crippen LogP contribution in [0.4, 0.5) is 0 Å². The molecule has 2 heterocycles. The summed E-state index contributed by atoms with van der Waals surface area (Å²) in [5.41, 5.74) is -3.00. The Bertz CT molecular complexity index is 926. The van der Waals surface area contributed by atoms with Crippen LogP contribution in [0.5, 0.6) is 5.75 Å². The molecule has 4 rings (SSSR count). The summed E-state index contributed by atoms with van der Waals surface area (Å²) in [4.78, 5) is 0. The maximum atomic E-state index is 10.2. The van der Waals surface area contributed by atoms with Gasteiger partial charge in [-0.3, -0.25) is 5.41 Å². The monoisotopic (exact) mass is 362 g/mol. The first-order valence-corrected chi connectivity index (χ1v) is 8.87. The fourth-order valence-electron chi connectivity index (χ4n) is 4.97. The Morgan fingerprint density at radius 1 is 1.19 bits per heavy atom. The summed E-state index contributed by atoms with van der Waals surface area (Å²) >= 11 is 0. The first-order valence-electron chi connectivity index (χ1n) is 8.87. The van der Waals surface area contributed by atoms with Crippen LogP contribution >= 0.6 is 0 Å². The zero-order chi connectivity index (χ0) is 19.3. The summed E-state index contributed by atoms with van der Waals surface area (Å²) in [7, 11) is 1.53. The molecule has 7 heteroatoms. The van der Waals surface area contributed by atoms with Crippen molar-refractivity contribution in [2.45, 2.75) is 37.6 Å². The van der Waals surface area contributed by atoms with Crippen molar-refractivity contribution >= 4 is 5.90 Å². The van der Waals surface area contributed by atoms with Crippen LogP contribution < -0.4 is 4.74 Å². The van der Waals surface area contributed by atoms with Crippen molar-refractivity contribution in [1.82, 2.24) is 0 Å². The first kappa shape index (κ1) is 17.3. The van der Waals surface area contributed by atoms with E-state index in [1.165, 1.54) is 7.11 Å². The highest BCUT2D eigenvalue weighted by Crippen LogP contribution is 2.69. The Balaban J connectivity index is 1.99. The lowest BCUT2D eigenvalue weighted by Crippen LogP contribution is -2.60. The van der Waals surface area contributed by atoms with Gasteiger partial charge in [0.1, 0.15) is 11.9 Å². The van der Waals surface area contributed by atoms with Gasteiger partial charge in [-0.05, 0) is 30.5 Å². The van der Waals surface area contributed by atoms with Gasteiger partial charge in [-0.15, -0.1) is 0 Å².